The van der Waals surface area contributed by atoms with Crippen molar-refractivity contribution >= 4 is 0 Å². The maximum atomic E-state index is 12.7. The number of rotatable bonds is 0. The first-order valence-electron chi connectivity index (χ1n) is 5.52. The predicted octanol–water partition coefficient (Wildman–Crippen LogP) is 1.82. The second kappa shape index (κ2) is 4.16. The number of ether oxygens (including phenoxy) is 2. The average Bonchev–Trinajstić information content (AvgIpc) is 2.16. The van der Waals surface area contributed by atoms with Crippen LogP contribution in [0, 0.1) is 0 Å². The van der Waals surface area contributed by atoms with E-state index in [9.17, 15) is 13.2 Å². The fraction of sp³-hybridized carbons (Fsp3) is 1.00. The smallest absolute Gasteiger partial charge is 0.350 e. The first-order valence-corrected chi connectivity index (χ1v) is 5.52. The van der Waals surface area contributed by atoms with Crippen molar-refractivity contribution in [2.24, 2.45) is 0 Å². The van der Waals surface area contributed by atoms with Crippen LogP contribution >= 0.6 is 0 Å². The van der Waals surface area contributed by atoms with E-state index in [1.165, 1.54) is 0 Å². The Labute approximate surface area is 92.3 Å². The van der Waals surface area contributed by atoms with E-state index in [2.05, 4.69) is 5.32 Å². The molecule has 0 amide bonds. The monoisotopic (exact) mass is 239 g/mol. The third-order valence-corrected chi connectivity index (χ3v) is 3.03. The lowest BCUT2D eigenvalue weighted by Crippen LogP contribution is -2.60. The van der Waals surface area contributed by atoms with E-state index >= 15 is 0 Å². The molecule has 2 aliphatic rings. The van der Waals surface area contributed by atoms with Crippen LogP contribution in [0.4, 0.5) is 13.2 Å². The molecule has 6 heteroatoms. The maximum absolute atomic E-state index is 12.7. The number of halogens is 3. The van der Waals surface area contributed by atoms with Gasteiger partial charge in [0, 0.05) is 18.9 Å². The van der Waals surface area contributed by atoms with Crippen LogP contribution in [0.2, 0.25) is 0 Å². The summed E-state index contributed by atoms with van der Waals surface area (Å²) >= 11 is 0. The molecule has 2 saturated heterocycles. The first kappa shape index (κ1) is 12.1. The van der Waals surface area contributed by atoms with Crippen molar-refractivity contribution in [2.75, 3.05) is 13.2 Å². The number of hydrogen-bond acceptors (Lipinski definition) is 3. The van der Waals surface area contributed by atoms with Crippen molar-refractivity contribution in [3.63, 3.8) is 0 Å². The van der Waals surface area contributed by atoms with Gasteiger partial charge in [-0.05, 0) is 13.3 Å². The molecule has 3 nitrogen and oxygen atoms in total. The topological polar surface area (TPSA) is 30.5 Å². The summed E-state index contributed by atoms with van der Waals surface area (Å²) in [4.78, 5) is 0. The van der Waals surface area contributed by atoms with Crippen LogP contribution in [0.25, 0.3) is 0 Å². The normalized spacial score (nSPS) is 35.2. The van der Waals surface area contributed by atoms with E-state index in [1.807, 2.05) is 0 Å². The summed E-state index contributed by atoms with van der Waals surface area (Å²) in [7, 11) is 0. The Morgan fingerprint density at radius 1 is 1.19 bits per heavy atom. The first-order chi connectivity index (χ1) is 7.41. The quantitative estimate of drug-likeness (QED) is 0.699. The van der Waals surface area contributed by atoms with E-state index in [1.54, 1.807) is 6.92 Å². The molecule has 1 N–H and O–H groups in total. The van der Waals surface area contributed by atoms with Crippen LogP contribution in [-0.4, -0.2) is 37.3 Å². The molecule has 0 aliphatic carbocycles. The highest BCUT2D eigenvalue weighted by molar-refractivity contribution is 4.93. The Kier molecular flexibility index (Phi) is 3.16. The molecular formula is C10H16F3NO2. The molecule has 0 radical (unpaired) electrons. The Hall–Kier alpha value is -0.330. The zero-order valence-electron chi connectivity index (χ0n) is 9.14. The average molecular weight is 239 g/mol. The highest BCUT2D eigenvalue weighted by Crippen LogP contribution is 2.37. The lowest BCUT2D eigenvalue weighted by atomic mass is 9.92. The standard InChI is InChI=1S/C10H16F3NO2/c1-7-5-9(15-3-2-4-16-9)6-8(14-7)10(11,12)13/h7-8,14H,2-6H2,1H3/t7?,8-/m0/s1. The van der Waals surface area contributed by atoms with E-state index in [4.69, 9.17) is 9.47 Å². The van der Waals surface area contributed by atoms with Gasteiger partial charge in [0.1, 0.15) is 6.04 Å². The van der Waals surface area contributed by atoms with Gasteiger partial charge in [-0.25, -0.2) is 0 Å². The van der Waals surface area contributed by atoms with Gasteiger partial charge in [-0.15, -0.1) is 0 Å². The van der Waals surface area contributed by atoms with Crippen LogP contribution in [0.15, 0.2) is 0 Å². The number of nitrogens with one attached hydrogen (secondary N) is 1. The fourth-order valence-corrected chi connectivity index (χ4v) is 2.38. The van der Waals surface area contributed by atoms with Gasteiger partial charge in [-0.1, -0.05) is 0 Å². The molecule has 0 aromatic rings. The van der Waals surface area contributed by atoms with Gasteiger partial charge in [0.15, 0.2) is 5.79 Å². The lowest BCUT2D eigenvalue weighted by Gasteiger charge is -2.45. The molecule has 2 rings (SSSR count). The molecule has 0 saturated carbocycles. The van der Waals surface area contributed by atoms with Crippen LogP contribution in [0.5, 0.6) is 0 Å². The third kappa shape index (κ3) is 2.49. The summed E-state index contributed by atoms with van der Waals surface area (Å²) in [6.45, 7) is 2.69. The van der Waals surface area contributed by atoms with Crippen LogP contribution in [0.1, 0.15) is 26.2 Å². The predicted molar refractivity (Wildman–Crippen MR) is 50.9 cm³/mol. The minimum absolute atomic E-state index is 0.152. The van der Waals surface area contributed by atoms with Crippen molar-refractivity contribution in [3.05, 3.63) is 0 Å². The summed E-state index contributed by atoms with van der Waals surface area (Å²) in [5.41, 5.74) is 0. The lowest BCUT2D eigenvalue weighted by molar-refractivity contribution is -0.301. The molecule has 2 fully saturated rings. The van der Waals surface area contributed by atoms with Crippen molar-refractivity contribution in [1.29, 1.82) is 0 Å². The highest BCUT2D eigenvalue weighted by Gasteiger charge is 2.51. The molecule has 16 heavy (non-hydrogen) atoms. The Morgan fingerprint density at radius 2 is 1.81 bits per heavy atom. The second-order valence-electron chi connectivity index (χ2n) is 4.53. The van der Waals surface area contributed by atoms with Crippen molar-refractivity contribution in [2.45, 2.75) is 50.2 Å². The van der Waals surface area contributed by atoms with Crippen LogP contribution in [0.3, 0.4) is 0 Å². The summed E-state index contributed by atoms with van der Waals surface area (Å²) in [6.07, 6.45) is -3.17. The zero-order valence-corrected chi connectivity index (χ0v) is 9.14. The van der Waals surface area contributed by atoms with Gasteiger partial charge in [0.25, 0.3) is 0 Å². The molecule has 2 atom stereocenters. The van der Waals surface area contributed by atoms with Gasteiger partial charge >= 0.3 is 6.18 Å². The van der Waals surface area contributed by atoms with E-state index < -0.39 is 18.0 Å². The minimum atomic E-state index is -4.24. The van der Waals surface area contributed by atoms with Gasteiger partial charge in [-0.3, -0.25) is 0 Å². The van der Waals surface area contributed by atoms with Crippen LogP contribution in [-0.2, 0) is 9.47 Å². The Bertz CT molecular complexity index is 251. The molecule has 2 aliphatic heterocycles. The molecule has 2 heterocycles. The van der Waals surface area contributed by atoms with Crippen LogP contribution < -0.4 is 5.32 Å². The molecular weight excluding hydrogens is 223 g/mol. The van der Waals surface area contributed by atoms with Gasteiger partial charge in [0.2, 0.25) is 0 Å². The molecule has 1 spiro atoms. The molecule has 94 valence electrons. The largest absolute Gasteiger partial charge is 0.404 e. The third-order valence-electron chi connectivity index (χ3n) is 3.03. The Balaban J connectivity index is 2.09. The molecule has 0 aromatic heterocycles. The fourth-order valence-electron chi connectivity index (χ4n) is 2.38. The van der Waals surface area contributed by atoms with Crippen molar-refractivity contribution < 1.29 is 22.6 Å². The van der Waals surface area contributed by atoms with E-state index in [0.717, 1.165) is 6.42 Å². The summed E-state index contributed by atoms with van der Waals surface area (Å²) < 4.78 is 48.9. The SMILES string of the molecule is CC1CC2(C[C@@H](C(F)(F)F)N1)OCCCO2. The van der Waals surface area contributed by atoms with Gasteiger partial charge in [-0.2, -0.15) is 13.2 Å². The Morgan fingerprint density at radius 3 is 2.38 bits per heavy atom. The number of piperidine rings is 1. The summed E-state index contributed by atoms with van der Waals surface area (Å²) in [5.74, 6) is -1.02. The maximum Gasteiger partial charge on any atom is 0.404 e. The highest BCUT2D eigenvalue weighted by atomic mass is 19.4. The minimum Gasteiger partial charge on any atom is -0.350 e. The zero-order chi connectivity index (χ0) is 11.8. The summed E-state index contributed by atoms with van der Waals surface area (Å²) in [5, 5.41) is 2.54. The van der Waals surface area contributed by atoms with Crippen molar-refractivity contribution in [1.82, 2.24) is 5.32 Å². The second-order valence-corrected chi connectivity index (χ2v) is 4.53. The van der Waals surface area contributed by atoms with Gasteiger partial charge in [0.05, 0.1) is 13.2 Å². The molecule has 0 bridgehead atoms. The van der Waals surface area contributed by atoms with E-state index in [-0.39, 0.29) is 12.5 Å². The number of hydrogen-bond donors (Lipinski definition) is 1. The van der Waals surface area contributed by atoms with Gasteiger partial charge < -0.3 is 14.8 Å². The van der Waals surface area contributed by atoms with E-state index in [0.29, 0.717) is 19.6 Å². The van der Waals surface area contributed by atoms with Crippen molar-refractivity contribution in [3.8, 4) is 0 Å². The number of alkyl halides is 3. The molecule has 0 aromatic carbocycles. The molecule has 1 unspecified atom stereocenters. The summed E-state index contributed by atoms with van der Waals surface area (Å²) in [6, 6.07) is -1.78.